The van der Waals surface area contributed by atoms with Gasteiger partial charge < -0.3 is 5.32 Å². The van der Waals surface area contributed by atoms with Crippen molar-refractivity contribution >= 4 is 39.1 Å². The van der Waals surface area contributed by atoms with Crippen LogP contribution in [-0.4, -0.2) is 62.3 Å². The number of piperidine rings is 1. The van der Waals surface area contributed by atoms with Crippen molar-refractivity contribution in [3.8, 4) is 0 Å². The van der Waals surface area contributed by atoms with Crippen molar-refractivity contribution in [1.82, 2.24) is 14.5 Å². The SMILES string of the molecule is CC(CNC(=O)C1CCN(S(=O)(=O)c2c(Cl)cccc2Cl)CC1)N(C)C1CC1. The molecule has 1 aromatic rings. The van der Waals surface area contributed by atoms with Crippen LogP contribution in [0.5, 0.6) is 0 Å². The van der Waals surface area contributed by atoms with Crippen LogP contribution in [0, 0.1) is 5.92 Å². The van der Waals surface area contributed by atoms with E-state index in [2.05, 4.69) is 24.2 Å². The maximum absolute atomic E-state index is 12.9. The highest BCUT2D eigenvalue weighted by atomic mass is 35.5. The molecule has 1 aliphatic heterocycles. The molecule has 0 spiro atoms. The number of sulfonamides is 1. The Bertz CT molecular complexity index is 801. The third kappa shape index (κ3) is 4.82. The summed E-state index contributed by atoms with van der Waals surface area (Å²) in [6, 6.07) is 5.58. The smallest absolute Gasteiger partial charge is 0.246 e. The van der Waals surface area contributed by atoms with Gasteiger partial charge in [-0.3, -0.25) is 9.69 Å². The highest BCUT2D eigenvalue weighted by molar-refractivity contribution is 7.89. The van der Waals surface area contributed by atoms with Crippen molar-refractivity contribution in [3.05, 3.63) is 28.2 Å². The Kier molecular flexibility index (Phi) is 6.92. The molecule has 1 saturated heterocycles. The van der Waals surface area contributed by atoms with Crippen molar-refractivity contribution in [2.75, 3.05) is 26.7 Å². The molecule has 6 nitrogen and oxygen atoms in total. The van der Waals surface area contributed by atoms with Crippen LogP contribution in [0.3, 0.4) is 0 Å². The normalized spacial score (nSPS) is 20.3. The summed E-state index contributed by atoms with van der Waals surface area (Å²) in [4.78, 5) is 14.8. The molecule has 28 heavy (non-hydrogen) atoms. The summed E-state index contributed by atoms with van der Waals surface area (Å²) in [5.74, 6) is -0.171. The van der Waals surface area contributed by atoms with E-state index in [1.54, 1.807) is 6.07 Å². The number of halogens is 2. The van der Waals surface area contributed by atoms with Crippen LogP contribution >= 0.6 is 23.2 Å². The Morgan fingerprint density at radius 3 is 2.32 bits per heavy atom. The van der Waals surface area contributed by atoms with E-state index in [9.17, 15) is 13.2 Å². The van der Waals surface area contributed by atoms with Gasteiger partial charge in [-0.1, -0.05) is 29.3 Å². The molecule has 0 radical (unpaired) electrons. The predicted molar refractivity (Wildman–Crippen MR) is 111 cm³/mol. The monoisotopic (exact) mass is 447 g/mol. The van der Waals surface area contributed by atoms with Crippen LogP contribution in [0.25, 0.3) is 0 Å². The van der Waals surface area contributed by atoms with Crippen LogP contribution in [0.1, 0.15) is 32.6 Å². The first-order chi connectivity index (χ1) is 13.2. The number of hydrogen-bond acceptors (Lipinski definition) is 4. The number of rotatable bonds is 7. The van der Waals surface area contributed by atoms with Gasteiger partial charge in [0.25, 0.3) is 0 Å². The number of carbonyl (C=O) groups excluding carboxylic acids is 1. The van der Waals surface area contributed by atoms with Gasteiger partial charge in [-0.15, -0.1) is 0 Å². The fraction of sp³-hybridized carbons (Fsp3) is 0.632. The Labute approximate surface area is 177 Å². The van der Waals surface area contributed by atoms with E-state index in [-0.39, 0.29) is 39.9 Å². The summed E-state index contributed by atoms with van der Waals surface area (Å²) < 4.78 is 27.2. The fourth-order valence-electron chi connectivity index (χ4n) is 3.59. The molecule has 1 unspecified atom stereocenters. The lowest BCUT2D eigenvalue weighted by Gasteiger charge is -2.31. The Morgan fingerprint density at radius 1 is 1.21 bits per heavy atom. The van der Waals surface area contributed by atoms with Gasteiger partial charge in [-0.2, -0.15) is 4.31 Å². The Hall–Kier alpha value is -0.860. The van der Waals surface area contributed by atoms with Gasteiger partial charge in [-0.25, -0.2) is 8.42 Å². The molecule has 1 amide bonds. The highest BCUT2D eigenvalue weighted by Gasteiger charge is 2.35. The fourth-order valence-corrected chi connectivity index (χ4v) is 6.16. The van der Waals surface area contributed by atoms with Crippen molar-refractivity contribution < 1.29 is 13.2 Å². The number of carbonyl (C=O) groups is 1. The molecule has 1 N–H and O–H groups in total. The molecule has 9 heteroatoms. The topological polar surface area (TPSA) is 69.7 Å². The molecule has 2 fully saturated rings. The molecule has 0 bridgehead atoms. The summed E-state index contributed by atoms with van der Waals surface area (Å²) in [7, 11) is -1.69. The van der Waals surface area contributed by atoms with Crippen molar-refractivity contribution in [2.24, 2.45) is 5.92 Å². The van der Waals surface area contributed by atoms with E-state index in [1.165, 1.54) is 29.3 Å². The molecule has 2 aliphatic rings. The third-order valence-electron chi connectivity index (χ3n) is 5.73. The van der Waals surface area contributed by atoms with E-state index < -0.39 is 10.0 Å². The van der Waals surface area contributed by atoms with Crippen molar-refractivity contribution in [2.45, 2.75) is 49.6 Å². The molecule has 1 aliphatic carbocycles. The molecule has 1 heterocycles. The maximum Gasteiger partial charge on any atom is 0.246 e. The van der Waals surface area contributed by atoms with Gasteiger partial charge >= 0.3 is 0 Å². The summed E-state index contributed by atoms with van der Waals surface area (Å²) in [6.45, 7) is 3.28. The number of amides is 1. The van der Waals surface area contributed by atoms with Crippen LogP contribution in [0.15, 0.2) is 23.1 Å². The van der Waals surface area contributed by atoms with E-state index >= 15 is 0 Å². The first-order valence-electron chi connectivity index (χ1n) is 9.65. The van der Waals surface area contributed by atoms with E-state index in [1.807, 2.05) is 0 Å². The van der Waals surface area contributed by atoms with Crippen molar-refractivity contribution in [3.63, 3.8) is 0 Å². The highest BCUT2D eigenvalue weighted by Crippen LogP contribution is 2.33. The van der Waals surface area contributed by atoms with Crippen molar-refractivity contribution in [1.29, 1.82) is 0 Å². The lowest BCUT2D eigenvalue weighted by atomic mass is 9.97. The van der Waals surface area contributed by atoms with Gasteiger partial charge in [0.1, 0.15) is 4.90 Å². The summed E-state index contributed by atoms with van der Waals surface area (Å²) in [6.07, 6.45) is 3.44. The average Bonchev–Trinajstić information content (AvgIpc) is 3.50. The molecule has 1 atom stereocenters. The predicted octanol–water partition coefficient (Wildman–Crippen LogP) is 2.99. The van der Waals surface area contributed by atoms with Gasteiger partial charge in [-0.05, 0) is 51.8 Å². The molecule has 1 saturated carbocycles. The molecular formula is C19H27Cl2N3O3S. The summed E-state index contributed by atoms with van der Waals surface area (Å²) >= 11 is 12.2. The van der Waals surface area contributed by atoms with Gasteiger partial charge in [0, 0.05) is 37.6 Å². The minimum atomic E-state index is -3.78. The molecule has 0 aromatic heterocycles. The lowest BCUT2D eigenvalue weighted by Crippen LogP contribution is -2.46. The number of benzene rings is 1. The van der Waals surface area contributed by atoms with Crippen LogP contribution in [0.4, 0.5) is 0 Å². The average molecular weight is 448 g/mol. The second-order valence-corrected chi connectivity index (χ2v) is 10.4. The third-order valence-corrected chi connectivity index (χ3v) is 8.59. The van der Waals surface area contributed by atoms with E-state index in [0.717, 1.165) is 0 Å². The zero-order valence-electron chi connectivity index (χ0n) is 16.2. The number of hydrogen-bond donors (Lipinski definition) is 1. The van der Waals surface area contributed by atoms with E-state index in [0.29, 0.717) is 31.5 Å². The first-order valence-corrected chi connectivity index (χ1v) is 11.8. The number of likely N-dealkylation sites (N-methyl/N-ethyl adjacent to an activating group) is 1. The van der Waals surface area contributed by atoms with Gasteiger partial charge in [0.2, 0.25) is 15.9 Å². The maximum atomic E-state index is 12.9. The Balaban J connectivity index is 1.54. The van der Waals surface area contributed by atoms with Gasteiger partial charge in [0.05, 0.1) is 10.0 Å². The second-order valence-electron chi connectivity index (χ2n) is 7.72. The molecule has 1 aromatic carbocycles. The molecule has 3 rings (SSSR count). The number of nitrogens with zero attached hydrogens (tertiary/aromatic N) is 2. The quantitative estimate of drug-likeness (QED) is 0.697. The number of nitrogens with one attached hydrogen (secondary N) is 1. The van der Waals surface area contributed by atoms with Gasteiger partial charge in [0.15, 0.2) is 0 Å². The van der Waals surface area contributed by atoms with Crippen LogP contribution in [-0.2, 0) is 14.8 Å². The minimum Gasteiger partial charge on any atom is -0.354 e. The lowest BCUT2D eigenvalue weighted by molar-refractivity contribution is -0.126. The Morgan fingerprint density at radius 2 is 1.79 bits per heavy atom. The molecule has 156 valence electrons. The largest absolute Gasteiger partial charge is 0.354 e. The zero-order valence-corrected chi connectivity index (χ0v) is 18.5. The minimum absolute atomic E-state index is 0.00358. The van der Waals surface area contributed by atoms with Crippen LogP contribution in [0.2, 0.25) is 10.0 Å². The molecular weight excluding hydrogens is 421 g/mol. The van der Waals surface area contributed by atoms with Crippen LogP contribution < -0.4 is 5.32 Å². The summed E-state index contributed by atoms with van der Waals surface area (Å²) in [5.41, 5.74) is 0. The standard InChI is InChI=1S/C19H27Cl2N3O3S/c1-13(23(2)15-6-7-15)12-22-19(25)14-8-10-24(11-9-14)28(26,27)18-16(20)4-3-5-17(18)21/h3-5,13-15H,6-12H2,1-2H3,(H,22,25). The first kappa shape index (κ1) is 21.8. The second kappa shape index (κ2) is 8.88. The van der Waals surface area contributed by atoms with E-state index in [4.69, 9.17) is 23.2 Å². The zero-order chi connectivity index (χ0) is 20.5. The summed E-state index contributed by atoms with van der Waals surface area (Å²) in [5, 5.41) is 3.25.